The number of anilines is 1. The van der Waals surface area contributed by atoms with Gasteiger partial charge in [0.15, 0.2) is 0 Å². The summed E-state index contributed by atoms with van der Waals surface area (Å²) in [7, 11) is 0. The third kappa shape index (κ3) is 3.45. The minimum absolute atomic E-state index is 0.0923. The fraction of sp³-hybridized carbons (Fsp3) is 0.333. The number of fused-ring (bicyclic) bond motifs is 1. The van der Waals surface area contributed by atoms with Gasteiger partial charge in [0.05, 0.1) is 17.2 Å². The van der Waals surface area contributed by atoms with Crippen LogP contribution in [0.1, 0.15) is 44.7 Å². The molecule has 2 aliphatic heterocycles. The van der Waals surface area contributed by atoms with E-state index in [-0.39, 0.29) is 17.9 Å². The van der Waals surface area contributed by atoms with Crippen LogP contribution in [0.25, 0.3) is 0 Å². The van der Waals surface area contributed by atoms with E-state index < -0.39 is 0 Å². The Bertz CT molecular complexity index is 906. The van der Waals surface area contributed by atoms with E-state index in [4.69, 9.17) is 16.3 Å². The van der Waals surface area contributed by atoms with E-state index in [1.807, 2.05) is 19.1 Å². The molecule has 0 unspecified atom stereocenters. The number of carbonyl (C=O) groups excluding carboxylic acids is 2. The van der Waals surface area contributed by atoms with E-state index in [0.29, 0.717) is 34.9 Å². The number of amides is 2. The molecule has 0 radical (unpaired) electrons. The molecule has 6 heteroatoms. The molecule has 1 fully saturated rings. The Hall–Kier alpha value is -2.37. The van der Waals surface area contributed by atoms with Crippen LogP contribution in [-0.2, 0) is 11.3 Å². The number of carbonyl (C=O) groups is 2. The third-order valence-corrected chi connectivity index (χ3v) is 5.63. The molecule has 0 bridgehead atoms. The van der Waals surface area contributed by atoms with Crippen molar-refractivity contribution in [1.82, 2.24) is 4.90 Å². The van der Waals surface area contributed by atoms with Crippen molar-refractivity contribution in [2.45, 2.75) is 32.4 Å². The summed E-state index contributed by atoms with van der Waals surface area (Å²) in [6.07, 6.45) is 2.10. The molecule has 0 aromatic heterocycles. The zero-order chi connectivity index (χ0) is 19.0. The summed E-state index contributed by atoms with van der Waals surface area (Å²) in [6.45, 7) is 3.70. The third-order valence-electron chi connectivity index (χ3n) is 5.22. The van der Waals surface area contributed by atoms with E-state index in [2.05, 4.69) is 5.32 Å². The van der Waals surface area contributed by atoms with Gasteiger partial charge in [-0.3, -0.25) is 9.59 Å². The second-order valence-corrected chi connectivity index (χ2v) is 7.43. The van der Waals surface area contributed by atoms with E-state index in [9.17, 15) is 9.59 Å². The maximum Gasteiger partial charge on any atom is 0.256 e. The molecule has 2 aliphatic rings. The molecule has 2 amide bonds. The number of hydrogen-bond acceptors (Lipinski definition) is 3. The van der Waals surface area contributed by atoms with Gasteiger partial charge in [-0.25, -0.2) is 0 Å². The molecule has 2 aromatic carbocycles. The van der Waals surface area contributed by atoms with Crippen molar-refractivity contribution in [2.75, 3.05) is 18.5 Å². The minimum atomic E-state index is -0.301. The Labute approximate surface area is 163 Å². The number of hydrogen-bond donors (Lipinski definition) is 1. The van der Waals surface area contributed by atoms with E-state index in [1.165, 1.54) is 0 Å². The van der Waals surface area contributed by atoms with Crippen LogP contribution in [0.4, 0.5) is 5.69 Å². The summed E-state index contributed by atoms with van der Waals surface area (Å²) in [5.41, 5.74) is 3.21. The van der Waals surface area contributed by atoms with Gasteiger partial charge in [-0.2, -0.15) is 0 Å². The molecule has 5 nitrogen and oxygen atoms in total. The number of benzene rings is 2. The zero-order valence-electron chi connectivity index (χ0n) is 15.1. The fourth-order valence-corrected chi connectivity index (χ4v) is 3.90. The highest BCUT2D eigenvalue weighted by molar-refractivity contribution is 6.31. The van der Waals surface area contributed by atoms with Gasteiger partial charge >= 0.3 is 0 Å². The molecular formula is C21H21ClN2O3. The van der Waals surface area contributed by atoms with Gasteiger partial charge in [0.2, 0.25) is 0 Å². The van der Waals surface area contributed by atoms with Crippen molar-refractivity contribution in [3.63, 3.8) is 0 Å². The molecule has 1 atom stereocenters. The Morgan fingerprint density at radius 1 is 1.30 bits per heavy atom. The van der Waals surface area contributed by atoms with Gasteiger partial charge in [0.25, 0.3) is 11.8 Å². The summed E-state index contributed by atoms with van der Waals surface area (Å²) in [5.74, 6) is -0.404. The summed E-state index contributed by atoms with van der Waals surface area (Å²) in [5, 5.41) is 3.47. The summed E-state index contributed by atoms with van der Waals surface area (Å²) in [4.78, 5) is 27.6. The zero-order valence-corrected chi connectivity index (χ0v) is 15.9. The SMILES string of the molecule is Cc1c(Cl)cccc1NC(=O)c1cccc2c1C(=O)N(C[C@@H]1CCCO1)C2. The summed E-state index contributed by atoms with van der Waals surface area (Å²) < 4.78 is 5.66. The first-order chi connectivity index (χ1) is 13.0. The maximum atomic E-state index is 13.0. The Morgan fingerprint density at radius 2 is 2.11 bits per heavy atom. The highest BCUT2D eigenvalue weighted by atomic mass is 35.5. The second-order valence-electron chi connectivity index (χ2n) is 7.03. The fourth-order valence-electron chi connectivity index (χ4n) is 3.72. The molecule has 2 heterocycles. The maximum absolute atomic E-state index is 13.0. The van der Waals surface area contributed by atoms with Crippen LogP contribution in [0, 0.1) is 6.92 Å². The highest BCUT2D eigenvalue weighted by Gasteiger charge is 2.33. The molecule has 4 rings (SSSR count). The van der Waals surface area contributed by atoms with Crippen LogP contribution in [0.15, 0.2) is 36.4 Å². The predicted molar refractivity (Wildman–Crippen MR) is 104 cm³/mol. The van der Waals surface area contributed by atoms with Crippen molar-refractivity contribution in [3.05, 3.63) is 63.7 Å². The number of ether oxygens (including phenoxy) is 1. The molecule has 1 saturated heterocycles. The summed E-state index contributed by atoms with van der Waals surface area (Å²) in [6, 6.07) is 10.8. The van der Waals surface area contributed by atoms with Crippen LogP contribution in [-0.4, -0.2) is 36.0 Å². The standard InChI is InChI=1S/C21H21ClN2O3/c1-13-17(22)8-3-9-18(13)23-20(25)16-7-2-5-14-11-24(21(26)19(14)16)12-15-6-4-10-27-15/h2-3,5,7-9,15H,4,6,10-12H2,1H3,(H,23,25)/t15-/m0/s1. The second kappa shape index (κ2) is 7.33. The van der Waals surface area contributed by atoms with Gasteiger partial charge in [-0.1, -0.05) is 29.8 Å². The first-order valence-electron chi connectivity index (χ1n) is 9.14. The molecule has 140 valence electrons. The van der Waals surface area contributed by atoms with E-state index in [0.717, 1.165) is 30.6 Å². The Kier molecular flexibility index (Phi) is 4.89. The van der Waals surface area contributed by atoms with Crippen molar-refractivity contribution in [2.24, 2.45) is 0 Å². The lowest BCUT2D eigenvalue weighted by atomic mass is 10.0. The molecular weight excluding hydrogens is 364 g/mol. The van der Waals surface area contributed by atoms with E-state index in [1.54, 1.807) is 29.2 Å². The topological polar surface area (TPSA) is 58.6 Å². The number of rotatable bonds is 4. The van der Waals surface area contributed by atoms with E-state index >= 15 is 0 Å². The van der Waals surface area contributed by atoms with Crippen molar-refractivity contribution < 1.29 is 14.3 Å². The monoisotopic (exact) mass is 384 g/mol. The van der Waals surface area contributed by atoms with Gasteiger partial charge in [-0.05, 0) is 49.1 Å². The lowest BCUT2D eigenvalue weighted by Crippen LogP contribution is -2.32. The molecule has 27 heavy (non-hydrogen) atoms. The van der Waals surface area contributed by atoms with Crippen LogP contribution in [0.5, 0.6) is 0 Å². The van der Waals surface area contributed by atoms with Crippen LogP contribution in [0.3, 0.4) is 0 Å². The lowest BCUT2D eigenvalue weighted by molar-refractivity contribution is 0.0544. The average Bonchev–Trinajstić information content (AvgIpc) is 3.28. The summed E-state index contributed by atoms with van der Waals surface area (Å²) >= 11 is 6.14. The van der Waals surface area contributed by atoms with Crippen LogP contribution in [0.2, 0.25) is 5.02 Å². The highest BCUT2D eigenvalue weighted by Crippen LogP contribution is 2.29. The molecule has 2 aromatic rings. The molecule has 0 saturated carbocycles. The molecule has 0 spiro atoms. The quantitative estimate of drug-likeness (QED) is 0.865. The van der Waals surface area contributed by atoms with Crippen molar-refractivity contribution in [1.29, 1.82) is 0 Å². The number of nitrogens with one attached hydrogen (secondary N) is 1. The molecule has 0 aliphatic carbocycles. The molecule has 1 N–H and O–H groups in total. The van der Waals surface area contributed by atoms with Crippen molar-refractivity contribution in [3.8, 4) is 0 Å². The van der Waals surface area contributed by atoms with Gasteiger partial charge in [0.1, 0.15) is 0 Å². The number of nitrogens with zero attached hydrogens (tertiary/aromatic N) is 1. The van der Waals surface area contributed by atoms with Crippen LogP contribution >= 0.6 is 11.6 Å². The van der Waals surface area contributed by atoms with Crippen LogP contribution < -0.4 is 5.32 Å². The average molecular weight is 385 g/mol. The van der Waals surface area contributed by atoms with Gasteiger partial charge in [0, 0.05) is 30.4 Å². The smallest absolute Gasteiger partial charge is 0.256 e. The number of halogens is 1. The Balaban J connectivity index is 1.57. The van der Waals surface area contributed by atoms with Crippen molar-refractivity contribution >= 4 is 29.1 Å². The predicted octanol–water partition coefficient (Wildman–Crippen LogP) is 4.04. The first kappa shape index (κ1) is 18.0. The normalized spacial score (nSPS) is 18.7. The first-order valence-corrected chi connectivity index (χ1v) is 9.51. The largest absolute Gasteiger partial charge is 0.376 e. The Morgan fingerprint density at radius 3 is 2.89 bits per heavy atom. The lowest BCUT2D eigenvalue weighted by Gasteiger charge is -2.19. The van der Waals surface area contributed by atoms with Gasteiger partial charge in [-0.15, -0.1) is 0 Å². The minimum Gasteiger partial charge on any atom is -0.376 e. The van der Waals surface area contributed by atoms with Gasteiger partial charge < -0.3 is 15.0 Å².